The molecule has 78 valence electrons. The second-order valence-electron chi connectivity index (χ2n) is 2.79. The van der Waals surface area contributed by atoms with Crippen LogP contribution in [0.5, 0.6) is 5.75 Å². The van der Waals surface area contributed by atoms with Gasteiger partial charge in [-0.05, 0) is 6.07 Å². The van der Waals surface area contributed by atoms with E-state index >= 15 is 0 Å². The average molecular weight is 216 g/mol. The lowest BCUT2D eigenvalue weighted by atomic mass is 10.2. The molecule has 0 bridgehead atoms. The standard InChI is InChI=1S/C9H13O4P/c1-12-9-6-4-3-5-8(9)7-14(10,11)13-2/h3-6H,7H2,1-2H3,(H,10,11). The van der Waals surface area contributed by atoms with Crippen LogP contribution in [0.1, 0.15) is 5.56 Å². The highest BCUT2D eigenvalue weighted by Gasteiger charge is 2.19. The first kappa shape index (κ1) is 11.2. The maximum Gasteiger partial charge on any atom is 0.332 e. The van der Waals surface area contributed by atoms with Gasteiger partial charge in [-0.25, -0.2) is 0 Å². The van der Waals surface area contributed by atoms with Gasteiger partial charge in [-0.2, -0.15) is 0 Å². The van der Waals surface area contributed by atoms with Gasteiger partial charge in [0.25, 0.3) is 0 Å². The van der Waals surface area contributed by atoms with E-state index in [1.165, 1.54) is 14.2 Å². The molecule has 0 fully saturated rings. The Morgan fingerprint density at radius 3 is 2.57 bits per heavy atom. The van der Waals surface area contributed by atoms with Crippen molar-refractivity contribution in [2.45, 2.75) is 6.16 Å². The predicted octanol–water partition coefficient (Wildman–Crippen LogP) is 2.03. The van der Waals surface area contributed by atoms with Crippen LogP contribution in [0.25, 0.3) is 0 Å². The van der Waals surface area contributed by atoms with Crippen LogP contribution in [-0.2, 0) is 15.3 Å². The summed E-state index contributed by atoms with van der Waals surface area (Å²) in [6.07, 6.45) is -0.0342. The average Bonchev–Trinajstić information content (AvgIpc) is 2.18. The first-order chi connectivity index (χ1) is 6.59. The lowest BCUT2D eigenvalue weighted by Gasteiger charge is -2.11. The topological polar surface area (TPSA) is 55.8 Å². The molecule has 1 unspecified atom stereocenters. The SMILES string of the molecule is COc1ccccc1CP(=O)(O)OC. The number of rotatable bonds is 4. The molecule has 0 aliphatic rings. The molecule has 0 amide bonds. The zero-order valence-corrected chi connectivity index (χ0v) is 9.03. The van der Waals surface area contributed by atoms with Gasteiger partial charge >= 0.3 is 7.60 Å². The van der Waals surface area contributed by atoms with E-state index in [2.05, 4.69) is 4.52 Å². The van der Waals surface area contributed by atoms with Crippen LogP contribution in [-0.4, -0.2) is 19.1 Å². The molecule has 0 aromatic heterocycles. The normalized spacial score (nSPS) is 14.8. The summed E-state index contributed by atoms with van der Waals surface area (Å²) in [5.41, 5.74) is 0.669. The smallest absolute Gasteiger partial charge is 0.332 e. The van der Waals surface area contributed by atoms with Crippen molar-refractivity contribution < 1.29 is 18.7 Å². The number of hydrogen-bond donors (Lipinski definition) is 1. The largest absolute Gasteiger partial charge is 0.496 e. The number of hydrogen-bond acceptors (Lipinski definition) is 3. The van der Waals surface area contributed by atoms with Crippen molar-refractivity contribution >= 4 is 7.60 Å². The second kappa shape index (κ2) is 4.60. The Labute approximate surface area is 83.0 Å². The third kappa shape index (κ3) is 2.84. The summed E-state index contributed by atoms with van der Waals surface area (Å²) in [7, 11) is -0.775. The van der Waals surface area contributed by atoms with Crippen molar-refractivity contribution in [1.29, 1.82) is 0 Å². The maximum atomic E-state index is 11.3. The Bertz CT molecular complexity index is 350. The van der Waals surface area contributed by atoms with E-state index in [1.54, 1.807) is 24.3 Å². The van der Waals surface area contributed by atoms with Crippen LogP contribution in [0.2, 0.25) is 0 Å². The summed E-state index contributed by atoms with van der Waals surface area (Å²) in [5.74, 6) is 0.596. The highest BCUT2D eigenvalue weighted by atomic mass is 31.2. The molecule has 0 saturated heterocycles. The van der Waals surface area contributed by atoms with E-state index in [4.69, 9.17) is 4.74 Å². The highest BCUT2D eigenvalue weighted by Crippen LogP contribution is 2.46. The summed E-state index contributed by atoms with van der Waals surface area (Å²) in [6, 6.07) is 7.07. The zero-order chi connectivity index (χ0) is 10.6. The van der Waals surface area contributed by atoms with Crippen LogP contribution in [0.15, 0.2) is 24.3 Å². The predicted molar refractivity (Wildman–Crippen MR) is 53.5 cm³/mol. The molecule has 1 atom stereocenters. The number of ether oxygens (including phenoxy) is 1. The van der Waals surface area contributed by atoms with Crippen molar-refractivity contribution in [3.63, 3.8) is 0 Å². The molecule has 14 heavy (non-hydrogen) atoms. The molecule has 5 heteroatoms. The molecule has 1 N–H and O–H groups in total. The quantitative estimate of drug-likeness (QED) is 0.782. The Morgan fingerprint density at radius 1 is 1.36 bits per heavy atom. The van der Waals surface area contributed by atoms with E-state index in [0.717, 1.165) is 0 Å². The van der Waals surface area contributed by atoms with Crippen molar-refractivity contribution in [2.24, 2.45) is 0 Å². The minimum Gasteiger partial charge on any atom is -0.496 e. The molecule has 0 saturated carbocycles. The van der Waals surface area contributed by atoms with Crippen molar-refractivity contribution in [1.82, 2.24) is 0 Å². The maximum absolute atomic E-state index is 11.3. The molecular weight excluding hydrogens is 203 g/mol. The summed E-state index contributed by atoms with van der Waals surface area (Å²) >= 11 is 0. The van der Waals surface area contributed by atoms with E-state index in [9.17, 15) is 9.46 Å². The minimum absolute atomic E-state index is 0.0342. The summed E-state index contributed by atoms with van der Waals surface area (Å²) in [5, 5.41) is 0. The summed E-state index contributed by atoms with van der Waals surface area (Å²) in [4.78, 5) is 9.27. The minimum atomic E-state index is -3.52. The fourth-order valence-electron chi connectivity index (χ4n) is 1.11. The van der Waals surface area contributed by atoms with Gasteiger partial charge in [0.1, 0.15) is 5.75 Å². The van der Waals surface area contributed by atoms with Crippen LogP contribution in [0, 0.1) is 0 Å². The fraction of sp³-hybridized carbons (Fsp3) is 0.333. The van der Waals surface area contributed by atoms with Crippen molar-refractivity contribution in [3.05, 3.63) is 29.8 Å². The Hall–Kier alpha value is -0.830. The molecule has 0 radical (unpaired) electrons. The molecular formula is C9H13O4P. The van der Waals surface area contributed by atoms with Gasteiger partial charge in [0, 0.05) is 12.7 Å². The number of benzene rings is 1. The summed E-state index contributed by atoms with van der Waals surface area (Å²) in [6.45, 7) is 0. The Kier molecular flexibility index (Phi) is 3.69. The molecule has 4 nitrogen and oxygen atoms in total. The summed E-state index contributed by atoms with van der Waals surface area (Å²) < 4.78 is 20.8. The van der Waals surface area contributed by atoms with Gasteiger partial charge in [-0.3, -0.25) is 4.57 Å². The second-order valence-corrected chi connectivity index (χ2v) is 4.75. The number of para-hydroxylation sites is 1. The van der Waals surface area contributed by atoms with Crippen LogP contribution in [0.3, 0.4) is 0 Å². The number of methoxy groups -OCH3 is 1. The van der Waals surface area contributed by atoms with Crippen LogP contribution >= 0.6 is 7.60 Å². The molecule has 0 heterocycles. The third-order valence-electron chi connectivity index (χ3n) is 1.85. The van der Waals surface area contributed by atoms with E-state index < -0.39 is 7.60 Å². The van der Waals surface area contributed by atoms with E-state index in [-0.39, 0.29) is 6.16 Å². The van der Waals surface area contributed by atoms with E-state index in [1.807, 2.05) is 0 Å². The molecule has 1 aromatic carbocycles. The van der Waals surface area contributed by atoms with Crippen LogP contribution in [0.4, 0.5) is 0 Å². The van der Waals surface area contributed by atoms with Gasteiger partial charge in [0.05, 0.1) is 13.3 Å². The monoisotopic (exact) mass is 216 g/mol. The first-order valence-electron chi connectivity index (χ1n) is 4.08. The fourth-order valence-corrected chi connectivity index (χ4v) is 1.93. The van der Waals surface area contributed by atoms with E-state index in [0.29, 0.717) is 11.3 Å². The molecule has 0 spiro atoms. The van der Waals surface area contributed by atoms with Gasteiger partial charge in [-0.1, -0.05) is 18.2 Å². The Balaban J connectivity index is 2.91. The molecule has 1 rings (SSSR count). The van der Waals surface area contributed by atoms with Crippen molar-refractivity contribution in [3.8, 4) is 5.75 Å². The van der Waals surface area contributed by atoms with Gasteiger partial charge in [-0.15, -0.1) is 0 Å². The Morgan fingerprint density at radius 2 is 2.00 bits per heavy atom. The van der Waals surface area contributed by atoms with Gasteiger partial charge < -0.3 is 14.2 Å². The van der Waals surface area contributed by atoms with Gasteiger partial charge in [0.15, 0.2) is 0 Å². The lowest BCUT2D eigenvalue weighted by molar-refractivity contribution is 0.313. The third-order valence-corrected chi connectivity index (χ3v) is 3.16. The first-order valence-corrected chi connectivity index (χ1v) is 5.85. The molecule has 1 aromatic rings. The molecule has 0 aliphatic heterocycles. The highest BCUT2D eigenvalue weighted by molar-refractivity contribution is 7.51. The zero-order valence-electron chi connectivity index (χ0n) is 8.14. The van der Waals surface area contributed by atoms with Crippen LogP contribution < -0.4 is 4.74 Å². The van der Waals surface area contributed by atoms with Gasteiger partial charge in [0.2, 0.25) is 0 Å². The molecule has 0 aliphatic carbocycles. The lowest BCUT2D eigenvalue weighted by Crippen LogP contribution is -1.94. The van der Waals surface area contributed by atoms with Crippen molar-refractivity contribution in [2.75, 3.05) is 14.2 Å².